The van der Waals surface area contributed by atoms with Crippen LogP contribution in [0.5, 0.6) is 0 Å². The number of phosphoric acid groups is 2. The number of carbonyl (C=O) groups excluding carboxylic acids is 4. The molecule has 568 valence electrons. The van der Waals surface area contributed by atoms with Gasteiger partial charge in [0, 0.05) is 25.7 Å². The molecular weight excluding hydrogens is 1310 g/mol. The van der Waals surface area contributed by atoms with Crippen LogP contribution < -0.4 is 0 Å². The molecule has 0 aromatic carbocycles. The van der Waals surface area contributed by atoms with Gasteiger partial charge in [-0.25, -0.2) is 9.13 Å². The minimum absolute atomic E-state index is 0.0310. The Morgan fingerprint density at radius 3 is 0.820 bits per heavy atom. The molecule has 0 aromatic heterocycles. The van der Waals surface area contributed by atoms with Crippen molar-refractivity contribution in [1.29, 1.82) is 0 Å². The van der Waals surface area contributed by atoms with E-state index in [0.717, 1.165) is 186 Å². The number of aliphatic hydroxyl groups excluding tert-OH is 1. The number of hydrogen-bond donors (Lipinski definition) is 3. The number of hydrogen-bond acceptors (Lipinski definition) is 15. The Morgan fingerprint density at radius 2 is 0.520 bits per heavy atom. The highest BCUT2D eigenvalue weighted by Crippen LogP contribution is 2.45. The lowest BCUT2D eigenvalue weighted by molar-refractivity contribution is -0.161. The molecule has 19 heteroatoms. The quantitative estimate of drug-likeness (QED) is 0.0169. The maximum atomic E-state index is 13.1. The minimum Gasteiger partial charge on any atom is -0.462 e. The van der Waals surface area contributed by atoms with Crippen LogP contribution in [-0.2, 0) is 65.4 Å². The van der Waals surface area contributed by atoms with Crippen molar-refractivity contribution < 1.29 is 80.2 Å². The molecular formula is C81H132O17P2. The van der Waals surface area contributed by atoms with Gasteiger partial charge in [-0.05, 0) is 161 Å². The molecule has 0 bridgehead atoms. The maximum Gasteiger partial charge on any atom is 0.472 e. The van der Waals surface area contributed by atoms with Gasteiger partial charge in [-0.3, -0.25) is 37.3 Å². The standard InChI is InChI=1S/C81H132O17P2/c1-5-9-13-17-21-25-29-33-36-37-40-43-46-50-54-58-62-66-79(84)92-72-77(98-81(86)68-64-60-56-52-48-44-39-35-31-27-23-19-15-11-7-3)74-96-100(89,90)94-70-75(82)69-93-99(87,88)95-73-76(97-80(85)67-63-59-55-51-47-41-32-28-24-20-16-12-8-4)71-91-78(83)65-61-57-53-49-45-42-38-34-30-26-22-18-14-10-6-2/h9-11,13-16,20-23,25-28,32-36,38-40,43,48,52,75-77,82H,5-8,12,17-19,24,29-31,37,41-42,44-47,49-51,53-74H2,1-4H3,(H,87,88)(H,89,90)/b13-9-,14-10-,15-11-,20-16-,25-21-,26-22-,27-23-,32-28-,36-33-,38-34-,39-35-,43-40-,52-48-. The van der Waals surface area contributed by atoms with Crippen LogP contribution in [0.25, 0.3) is 0 Å². The Morgan fingerprint density at radius 1 is 0.290 bits per heavy atom. The van der Waals surface area contributed by atoms with Crippen molar-refractivity contribution in [2.24, 2.45) is 0 Å². The van der Waals surface area contributed by atoms with Gasteiger partial charge in [0.2, 0.25) is 0 Å². The molecule has 0 spiro atoms. The summed E-state index contributed by atoms with van der Waals surface area (Å²) in [7, 11) is -9.99. The molecule has 0 aromatic rings. The van der Waals surface area contributed by atoms with Crippen LogP contribution in [0.3, 0.4) is 0 Å². The second-order valence-corrected chi connectivity index (χ2v) is 27.3. The molecule has 0 radical (unpaired) electrons. The smallest absolute Gasteiger partial charge is 0.462 e. The molecule has 17 nitrogen and oxygen atoms in total. The highest BCUT2D eigenvalue weighted by atomic mass is 31.2. The van der Waals surface area contributed by atoms with Gasteiger partial charge in [-0.2, -0.15) is 0 Å². The molecule has 0 aliphatic carbocycles. The summed E-state index contributed by atoms with van der Waals surface area (Å²) in [6, 6.07) is 0. The van der Waals surface area contributed by atoms with E-state index < -0.39 is 97.5 Å². The fourth-order valence-corrected chi connectivity index (χ4v) is 10.9. The molecule has 0 aliphatic rings. The third kappa shape index (κ3) is 71.1. The normalized spacial score (nSPS) is 14.8. The predicted octanol–water partition coefficient (Wildman–Crippen LogP) is 21.7. The third-order valence-corrected chi connectivity index (χ3v) is 16.9. The van der Waals surface area contributed by atoms with Gasteiger partial charge in [0.15, 0.2) is 12.2 Å². The molecule has 0 amide bonds. The SMILES string of the molecule is CC/C=C\C/C=C\C/C=C\C/C=C\CCCCCCC(=O)OCC(COP(=O)(O)OCC(O)COP(=O)(O)OCC(COC(=O)CCCCCCC/C=C\C/C=C\C/C=C\CC)OC(=O)CCCCCCC/C=C\C/C=C\CCC)OC(=O)CCCC/C=C\C/C=C\C/C=C\C/C=C\CC. The minimum atomic E-state index is -5.00. The Labute approximate surface area is 604 Å². The molecule has 0 rings (SSSR count). The van der Waals surface area contributed by atoms with Crippen LogP contribution in [0.1, 0.15) is 272 Å². The van der Waals surface area contributed by atoms with Crippen molar-refractivity contribution in [2.45, 2.75) is 290 Å². The monoisotopic (exact) mass is 1440 g/mol. The van der Waals surface area contributed by atoms with Crippen LogP contribution >= 0.6 is 15.6 Å². The number of rotatable bonds is 69. The lowest BCUT2D eigenvalue weighted by atomic mass is 10.1. The van der Waals surface area contributed by atoms with Gasteiger partial charge in [0.1, 0.15) is 19.3 Å². The van der Waals surface area contributed by atoms with Crippen molar-refractivity contribution in [1.82, 2.24) is 0 Å². The summed E-state index contributed by atoms with van der Waals surface area (Å²) < 4.78 is 68.4. The van der Waals surface area contributed by atoms with Gasteiger partial charge in [-0.1, -0.05) is 243 Å². The van der Waals surface area contributed by atoms with E-state index in [1.807, 2.05) is 0 Å². The van der Waals surface area contributed by atoms with E-state index in [1.54, 1.807) is 0 Å². The first-order valence-corrected chi connectivity index (χ1v) is 40.7. The average molecular weight is 1440 g/mol. The van der Waals surface area contributed by atoms with Crippen molar-refractivity contribution >= 4 is 39.5 Å². The fourth-order valence-electron chi connectivity index (χ4n) is 9.31. The molecule has 5 unspecified atom stereocenters. The summed E-state index contributed by atoms with van der Waals surface area (Å²) in [6.07, 6.45) is 82.4. The number of esters is 4. The molecule has 5 atom stereocenters. The molecule has 0 saturated carbocycles. The van der Waals surface area contributed by atoms with Gasteiger partial charge >= 0.3 is 39.5 Å². The van der Waals surface area contributed by atoms with E-state index in [9.17, 15) is 43.2 Å². The molecule has 0 fully saturated rings. The average Bonchev–Trinajstić information content (AvgIpc) is 1.06. The van der Waals surface area contributed by atoms with Crippen molar-refractivity contribution in [3.63, 3.8) is 0 Å². The summed E-state index contributed by atoms with van der Waals surface area (Å²) in [5, 5.41) is 10.6. The van der Waals surface area contributed by atoms with E-state index in [0.29, 0.717) is 32.1 Å². The van der Waals surface area contributed by atoms with Crippen LogP contribution in [0.2, 0.25) is 0 Å². The highest BCUT2D eigenvalue weighted by Gasteiger charge is 2.30. The van der Waals surface area contributed by atoms with Gasteiger partial charge < -0.3 is 33.8 Å². The fraction of sp³-hybridized carbons (Fsp3) is 0.630. The van der Waals surface area contributed by atoms with Crippen molar-refractivity contribution in [3.8, 4) is 0 Å². The molecule has 0 aliphatic heterocycles. The highest BCUT2D eigenvalue weighted by molar-refractivity contribution is 7.47. The third-order valence-electron chi connectivity index (χ3n) is 14.9. The molecule has 100 heavy (non-hydrogen) atoms. The molecule has 0 heterocycles. The predicted molar refractivity (Wildman–Crippen MR) is 408 cm³/mol. The first kappa shape index (κ1) is 94.7. The Balaban J connectivity index is 5.44. The number of allylic oxidation sites excluding steroid dienone is 26. The summed E-state index contributed by atoms with van der Waals surface area (Å²) in [5.74, 6) is -2.30. The Kier molecular flexibility index (Phi) is 68.2. The number of unbranched alkanes of at least 4 members (excludes halogenated alkanes) is 17. The zero-order valence-electron chi connectivity index (χ0n) is 61.8. The summed E-state index contributed by atoms with van der Waals surface area (Å²) >= 11 is 0. The Hall–Kier alpha value is -5.32. The summed E-state index contributed by atoms with van der Waals surface area (Å²) in [6.45, 7) is 4.33. The first-order valence-electron chi connectivity index (χ1n) is 37.7. The van der Waals surface area contributed by atoms with Crippen molar-refractivity contribution in [2.75, 3.05) is 39.6 Å². The van der Waals surface area contributed by atoms with E-state index in [4.69, 9.17) is 37.0 Å². The molecule has 3 N–H and O–H groups in total. The van der Waals surface area contributed by atoms with Crippen molar-refractivity contribution in [3.05, 3.63) is 158 Å². The van der Waals surface area contributed by atoms with E-state index in [2.05, 4.69) is 186 Å². The van der Waals surface area contributed by atoms with Gasteiger partial charge in [0.05, 0.1) is 26.4 Å². The van der Waals surface area contributed by atoms with Crippen LogP contribution in [-0.4, -0.2) is 96.7 Å². The lowest BCUT2D eigenvalue weighted by Crippen LogP contribution is -2.30. The molecule has 0 saturated heterocycles. The van der Waals surface area contributed by atoms with Gasteiger partial charge in [0.25, 0.3) is 0 Å². The second kappa shape index (κ2) is 72.0. The van der Waals surface area contributed by atoms with E-state index in [-0.39, 0.29) is 25.7 Å². The first-order chi connectivity index (χ1) is 48.7. The number of ether oxygens (including phenoxy) is 4. The number of aliphatic hydroxyl groups is 1. The zero-order valence-corrected chi connectivity index (χ0v) is 63.6. The van der Waals surface area contributed by atoms with Crippen LogP contribution in [0, 0.1) is 0 Å². The van der Waals surface area contributed by atoms with E-state index in [1.165, 1.54) is 0 Å². The topological polar surface area (TPSA) is 237 Å². The van der Waals surface area contributed by atoms with Crippen LogP contribution in [0.15, 0.2) is 158 Å². The number of phosphoric ester groups is 2. The summed E-state index contributed by atoms with van der Waals surface area (Å²) in [4.78, 5) is 72.8. The lowest BCUT2D eigenvalue weighted by Gasteiger charge is -2.21. The maximum absolute atomic E-state index is 13.1. The zero-order chi connectivity index (χ0) is 73.2. The largest absolute Gasteiger partial charge is 0.472 e. The van der Waals surface area contributed by atoms with Crippen LogP contribution in [0.4, 0.5) is 0 Å². The summed E-state index contributed by atoms with van der Waals surface area (Å²) in [5.41, 5.74) is 0. The second-order valence-electron chi connectivity index (χ2n) is 24.4. The van der Waals surface area contributed by atoms with E-state index >= 15 is 0 Å². The Bertz CT molecular complexity index is 2520. The van der Waals surface area contributed by atoms with Gasteiger partial charge in [-0.15, -0.1) is 0 Å². The number of carbonyl (C=O) groups is 4.